The lowest BCUT2D eigenvalue weighted by atomic mass is 10.0. The van der Waals surface area contributed by atoms with Gasteiger partial charge in [-0.2, -0.15) is 10.1 Å². The van der Waals surface area contributed by atoms with Crippen molar-refractivity contribution in [3.8, 4) is 0 Å². The Hall–Kier alpha value is -2.68. The molecule has 9 nitrogen and oxygen atoms in total. The van der Waals surface area contributed by atoms with Gasteiger partial charge >= 0.3 is 0 Å². The van der Waals surface area contributed by atoms with Crippen molar-refractivity contribution in [2.75, 3.05) is 50.0 Å². The zero-order valence-corrected chi connectivity index (χ0v) is 20.2. The number of aromatic amines is 1. The number of likely N-dealkylation sites (N-methyl/N-ethyl adjacent to an activating group) is 1. The molecule has 2 aromatic rings. The second-order valence-electron chi connectivity index (χ2n) is 10.4. The number of hydrogen-bond donors (Lipinski definition) is 2. The van der Waals surface area contributed by atoms with Crippen molar-refractivity contribution in [3.63, 3.8) is 0 Å². The molecule has 0 aromatic carbocycles. The fourth-order valence-corrected chi connectivity index (χ4v) is 6.12. The van der Waals surface area contributed by atoms with Gasteiger partial charge < -0.3 is 20.0 Å². The normalized spacial score (nSPS) is 23.6. The summed E-state index contributed by atoms with van der Waals surface area (Å²) in [5.74, 6) is 3.21. The minimum Gasteiger partial charge on any atom is -0.338 e. The molecule has 3 fully saturated rings. The first-order valence-corrected chi connectivity index (χ1v) is 13.1. The number of rotatable bonds is 5. The number of anilines is 3. The van der Waals surface area contributed by atoms with Gasteiger partial charge in [0.25, 0.3) is 0 Å². The van der Waals surface area contributed by atoms with Gasteiger partial charge in [-0.1, -0.05) is 12.8 Å². The number of nitrogens with one attached hydrogen (secondary N) is 2. The molecular formula is C25H36N8O. The van der Waals surface area contributed by atoms with Gasteiger partial charge in [0, 0.05) is 56.0 Å². The molecule has 4 aliphatic rings. The quantitative estimate of drug-likeness (QED) is 0.703. The van der Waals surface area contributed by atoms with Crippen LogP contribution in [-0.4, -0.2) is 81.7 Å². The highest BCUT2D eigenvalue weighted by Gasteiger charge is 2.37. The number of fused-ring (bicyclic) bond motifs is 1. The van der Waals surface area contributed by atoms with Crippen molar-refractivity contribution < 1.29 is 4.79 Å². The molecule has 0 spiro atoms. The Labute approximate surface area is 201 Å². The highest BCUT2D eigenvalue weighted by atomic mass is 16.2. The topological polar surface area (TPSA) is 93.3 Å². The standard InChI is InChI=1S/C25H36N8O/c1-31-12-14-32(15-13-31)24(34)21-10-5-11-33(21)25-26-19-9-4-8-18(19)23(28-25)27-22-16-20(29-30-22)17-6-2-3-7-17/h16-17,21H,2-15H2,1H3,(H2,26,27,28,29,30)/t21-/m0/s1. The summed E-state index contributed by atoms with van der Waals surface area (Å²) in [6, 6.07) is 1.99. The van der Waals surface area contributed by atoms with Crippen LogP contribution < -0.4 is 10.2 Å². The van der Waals surface area contributed by atoms with E-state index in [1.165, 1.54) is 36.9 Å². The smallest absolute Gasteiger partial charge is 0.245 e. The summed E-state index contributed by atoms with van der Waals surface area (Å²) in [6.45, 7) is 4.32. The second kappa shape index (κ2) is 9.17. The molecule has 9 heteroatoms. The lowest BCUT2D eigenvalue weighted by Crippen LogP contribution is -2.53. The van der Waals surface area contributed by atoms with E-state index in [0.717, 1.165) is 82.2 Å². The van der Waals surface area contributed by atoms with Crippen molar-refractivity contribution >= 4 is 23.5 Å². The minimum absolute atomic E-state index is 0.157. The number of aryl methyl sites for hydroxylation is 1. The molecule has 0 bridgehead atoms. The summed E-state index contributed by atoms with van der Waals surface area (Å²) < 4.78 is 0. The molecule has 4 heterocycles. The van der Waals surface area contributed by atoms with Crippen molar-refractivity contribution in [1.82, 2.24) is 30.0 Å². The Balaban J connectivity index is 1.24. The van der Waals surface area contributed by atoms with Gasteiger partial charge in [-0.25, -0.2) is 4.98 Å². The zero-order chi connectivity index (χ0) is 23.1. The molecule has 1 atom stereocenters. The first-order chi connectivity index (χ1) is 16.7. The van der Waals surface area contributed by atoms with Crippen LogP contribution in [0.5, 0.6) is 0 Å². The van der Waals surface area contributed by atoms with E-state index >= 15 is 0 Å². The van der Waals surface area contributed by atoms with Gasteiger partial charge in [0.1, 0.15) is 11.9 Å². The summed E-state index contributed by atoms with van der Waals surface area (Å²) in [4.78, 5) is 29.8. The average Bonchev–Trinajstić information content (AvgIpc) is 3.65. The second-order valence-corrected chi connectivity index (χ2v) is 10.4. The van der Waals surface area contributed by atoms with Crippen LogP contribution in [0.1, 0.15) is 67.8 Å². The molecule has 2 aromatic heterocycles. The Morgan fingerprint density at radius 3 is 2.65 bits per heavy atom. The molecule has 1 amide bonds. The van der Waals surface area contributed by atoms with Crippen LogP contribution in [0.3, 0.4) is 0 Å². The molecule has 182 valence electrons. The predicted molar refractivity (Wildman–Crippen MR) is 132 cm³/mol. The van der Waals surface area contributed by atoms with Crippen LogP contribution in [0, 0.1) is 0 Å². The van der Waals surface area contributed by atoms with Crippen molar-refractivity contribution in [2.45, 2.75) is 69.7 Å². The molecular weight excluding hydrogens is 428 g/mol. The Bertz CT molecular complexity index is 1040. The SMILES string of the molecule is CN1CCN(C(=O)[C@@H]2CCCN2c2nc3c(c(Nc4cc(C5CCCC5)[nH]n4)n2)CCC3)CC1. The van der Waals surface area contributed by atoms with Gasteiger partial charge in [-0.05, 0) is 52.0 Å². The van der Waals surface area contributed by atoms with E-state index in [2.05, 4.69) is 38.4 Å². The molecule has 2 aliphatic heterocycles. The molecule has 0 unspecified atom stereocenters. The molecule has 2 aliphatic carbocycles. The third-order valence-electron chi connectivity index (χ3n) is 8.17. The fourth-order valence-electron chi connectivity index (χ4n) is 6.12. The molecule has 2 saturated heterocycles. The maximum absolute atomic E-state index is 13.4. The first kappa shape index (κ1) is 21.8. The molecule has 1 saturated carbocycles. The zero-order valence-electron chi connectivity index (χ0n) is 20.2. The largest absolute Gasteiger partial charge is 0.338 e. The molecule has 0 radical (unpaired) electrons. The van der Waals surface area contributed by atoms with Crippen LogP contribution in [0.4, 0.5) is 17.6 Å². The van der Waals surface area contributed by atoms with Gasteiger partial charge in [0.15, 0.2) is 5.82 Å². The molecule has 34 heavy (non-hydrogen) atoms. The maximum Gasteiger partial charge on any atom is 0.245 e. The molecule has 6 rings (SSSR count). The van der Waals surface area contributed by atoms with E-state index < -0.39 is 0 Å². The highest BCUT2D eigenvalue weighted by molar-refractivity contribution is 5.85. The number of carbonyl (C=O) groups excluding carboxylic acids is 1. The Morgan fingerprint density at radius 1 is 1.00 bits per heavy atom. The van der Waals surface area contributed by atoms with Gasteiger partial charge in [0.2, 0.25) is 11.9 Å². The van der Waals surface area contributed by atoms with E-state index in [9.17, 15) is 4.79 Å². The van der Waals surface area contributed by atoms with Crippen LogP contribution in [0.25, 0.3) is 0 Å². The van der Waals surface area contributed by atoms with E-state index in [1.54, 1.807) is 0 Å². The summed E-state index contributed by atoms with van der Waals surface area (Å²) >= 11 is 0. The number of hydrogen-bond acceptors (Lipinski definition) is 7. The number of nitrogens with zero attached hydrogens (tertiary/aromatic N) is 6. The van der Waals surface area contributed by atoms with E-state index in [-0.39, 0.29) is 11.9 Å². The average molecular weight is 465 g/mol. The third kappa shape index (κ3) is 4.15. The van der Waals surface area contributed by atoms with E-state index in [0.29, 0.717) is 11.9 Å². The minimum atomic E-state index is -0.157. The number of aromatic nitrogens is 4. The first-order valence-electron chi connectivity index (χ1n) is 13.1. The summed E-state index contributed by atoms with van der Waals surface area (Å²) in [7, 11) is 2.12. The van der Waals surface area contributed by atoms with Gasteiger partial charge in [0.05, 0.1) is 5.69 Å². The maximum atomic E-state index is 13.4. The van der Waals surface area contributed by atoms with Gasteiger partial charge in [-0.3, -0.25) is 9.89 Å². The lowest BCUT2D eigenvalue weighted by Gasteiger charge is -2.36. The van der Waals surface area contributed by atoms with Crippen LogP contribution >= 0.6 is 0 Å². The highest BCUT2D eigenvalue weighted by Crippen LogP contribution is 2.36. The Kier molecular flexibility index (Phi) is 5.89. The summed E-state index contributed by atoms with van der Waals surface area (Å²) in [5, 5.41) is 11.3. The van der Waals surface area contributed by atoms with E-state index in [4.69, 9.17) is 9.97 Å². The monoisotopic (exact) mass is 464 g/mol. The third-order valence-corrected chi connectivity index (χ3v) is 8.17. The predicted octanol–water partition coefficient (Wildman–Crippen LogP) is 2.83. The van der Waals surface area contributed by atoms with Crippen molar-refractivity contribution in [3.05, 3.63) is 23.0 Å². The van der Waals surface area contributed by atoms with Crippen molar-refractivity contribution in [2.24, 2.45) is 0 Å². The van der Waals surface area contributed by atoms with Crippen LogP contribution in [0.2, 0.25) is 0 Å². The van der Waals surface area contributed by atoms with E-state index in [1.807, 2.05) is 4.90 Å². The Morgan fingerprint density at radius 2 is 1.82 bits per heavy atom. The fraction of sp³-hybridized carbons (Fsp3) is 0.680. The number of amides is 1. The summed E-state index contributed by atoms with van der Waals surface area (Å²) in [5.41, 5.74) is 3.55. The number of piperazine rings is 1. The number of H-pyrrole nitrogens is 1. The number of carbonyl (C=O) groups is 1. The van der Waals surface area contributed by atoms with Crippen LogP contribution in [-0.2, 0) is 17.6 Å². The lowest BCUT2D eigenvalue weighted by molar-refractivity contribution is -0.134. The van der Waals surface area contributed by atoms with Crippen molar-refractivity contribution in [1.29, 1.82) is 0 Å². The molecule has 2 N–H and O–H groups in total. The van der Waals surface area contributed by atoms with Crippen LogP contribution in [0.15, 0.2) is 6.07 Å². The summed E-state index contributed by atoms with van der Waals surface area (Å²) in [6.07, 6.45) is 10.0. The van der Waals surface area contributed by atoms with Gasteiger partial charge in [-0.15, -0.1) is 0 Å².